The van der Waals surface area contributed by atoms with Gasteiger partial charge in [-0.2, -0.15) is 0 Å². The maximum absolute atomic E-state index is 10.7. The summed E-state index contributed by atoms with van der Waals surface area (Å²) in [6, 6.07) is 0. The molecule has 0 atom stereocenters. The van der Waals surface area contributed by atoms with Crippen LogP contribution in [0.2, 0.25) is 0 Å². The number of hydrazine groups is 1. The number of likely N-dealkylation sites (N-methyl/N-ethyl adjacent to an activating group) is 1. The highest BCUT2D eigenvalue weighted by Crippen LogP contribution is 2.01. The summed E-state index contributed by atoms with van der Waals surface area (Å²) >= 11 is 0. The van der Waals surface area contributed by atoms with Gasteiger partial charge in [-0.05, 0) is 13.6 Å². The normalized spacial score (nSPS) is 11.2. The molecule has 14 heavy (non-hydrogen) atoms. The number of allylic oxidation sites excluding steroid dienone is 1. The molecule has 0 spiro atoms. The average Bonchev–Trinajstić information content (AvgIpc) is 2.15. The lowest BCUT2D eigenvalue weighted by Gasteiger charge is -2.12. The molecule has 0 aromatic heterocycles. The van der Waals surface area contributed by atoms with Gasteiger partial charge in [0.1, 0.15) is 0 Å². The molecule has 0 aliphatic rings. The van der Waals surface area contributed by atoms with Gasteiger partial charge in [0, 0.05) is 26.3 Å². The number of hydrogen-bond donors (Lipinski definition) is 4. The first-order chi connectivity index (χ1) is 6.49. The second kappa shape index (κ2) is 8.21. The van der Waals surface area contributed by atoms with Crippen molar-refractivity contribution in [3.05, 3.63) is 11.3 Å². The first-order valence-electron chi connectivity index (χ1n) is 3.91. The molecule has 6 nitrogen and oxygen atoms in total. The van der Waals surface area contributed by atoms with Crippen LogP contribution in [0.3, 0.4) is 0 Å². The van der Waals surface area contributed by atoms with Gasteiger partial charge in [-0.1, -0.05) is 0 Å². The molecule has 0 unspecified atom stereocenters. The van der Waals surface area contributed by atoms with Gasteiger partial charge in [-0.3, -0.25) is 5.84 Å². The van der Waals surface area contributed by atoms with E-state index in [0.29, 0.717) is 5.70 Å². The Kier molecular flexibility index (Phi) is 8.85. The van der Waals surface area contributed by atoms with Crippen LogP contribution in [0.15, 0.2) is 11.3 Å². The van der Waals surface area contributed by atoms with Gasteiger partial charge < -0.3 is 15.8 Å². The molecule has 0 aromatic carbocycles. The number of nitrogens with zero attached hydrogens (tertiary/aromatic N) is 1. The average molecular weight is 202 g/mol. The summed E-state index contributed by atoms with van der Waals surface area (Å²) in [7, 11) is 3.29. The number of carboxylic acid groups (broad SMARTS) is 1. The summed E-state index contributed by atoms with van der Waals surface area (Å²) in [4.78, 5) is 10.7. The van der Waals surface area contributed by atoms with Crippen molar-refractivity contribution in [1.29, 1.82) is 5.41 Å². The molecule has 0 rings (SSSR count). The Labute approximate surface area is 83.9 Å². The van der Waals surface area contributed by atoms with Gasteiger partial charge >= 0.3 is 5.97 Å². The highest BCUT2D eigenvalue weighted by Gasteiger charge is 2.11. The van der Waals surface area contributed by atoms with Crippen LogP contribution in [0.1, 0.15) is 6.92 Å². The Morgan fingerprint density at radius 1 is 1.64 bits per heavy atom. The maximum atomic E-state index is 10.7. The van der Waals surface area contributed by atoms with E-state index in [2.05, 4.69) is 12.0 Å². The van der Waals surface area contributed by atoms with Crippen LogP contribution in [0.4, 0.5) is 0 Å². The summed E-state index contributed by atoms with van der Waals surface area (Å²) in [6.45, 7) is 4.43. The van der Waals surface area contributed by atoms with Crippen LogP contribution in [0.5, 0.6) is 0 Å². The lowest BCUT2D eigenvalue weighted by atomic mass is 10.2. The molecule has 0 heterocycles. The first kappa shape index (κ1) is 15.1. The van der Waals surface area contributed by atoms with E-state index in [9.17, 15) is 4.79 Å². The number of carboxylic acids is 1. The number of hydrogen-bond acceptors (Lipinski definition) is 5. The van der Waals surface area contributed by atoms with Crippen LogP contribution < -0.4 is 11.2 Å². The van der Waals surface area contributed by atoms with Crippen molar-refractivity contribution in [2.24, 2.45) is 5.84 Å². The van der Waals surface area contributed by atoms with Gasteiger partial charge in [-0.15, -0.1) is 0 Å². The standard InChI is InChI=1S/C7H15N3O2.CH3N/c1-5(9-2)6(7(11)12)4-10(3)8;1-2/h9H,4,8H2,1-3H3,(H,11,12);2H,1H2/b6-5+;. The second-order valence-electron chi connectivity index (χ2n) is 2.57. The maximum Gasteiger partial charge on any atom is 0.334 e. The largest absolute Gasteiger partial charge is 0.478 e. The monoisotopic (exact) mass is 202 g/mol. The minimum Gasteiger partial charge on any atom is -0.478 e. The first-order valence-corrected chi connectivity index (χ1v) is 3.91. The zero-order valence-electron chi connectivity index (χ0n) is 8.79. The van der Waals surface area contributed by atoms with Gasteiger partial charge in [0.05, 0.1) is 5.57 Å². The molecular formula is C8H18N4O2. The number of nitrogens with one attached hydrogen (secondary N) is 2. The molecule has 0 fully saturated rings. The fourth-order valence-electron chi connectivity index (χ4n) is 0.747. The van der Waals surface area contributed by atoms with Crippen molar-refractivity contribution in [3.8, 4) is 0 Å². The van der Waals surface area contributed by atoms with Crippen LogP contribution in [0, 0.1) is 5.41 Å². The van der Waals surface area contributed by atoms with E-state index in [-0.39, 0.29) is 12.1 Å². The molecule has 0 radical (unpaired) electrons. The zero-order valence-corrected chi connectivity index (χ0v) is 8.79. The third-order valence-corrected chi connectivity index (χ3v) is 1.49. The van der Waals surface area contributed by atoms with Gasteiger partial charge in [0.25, 0.3) is 0 Å². The van der Waals surface area contributed by atoms with E-state index >= 15 is 0 Å². The summed E-state index contributed by atoms with van der Waals surface area (Å²) in [5, 5.41) is 18.3. The van der Waals surface area contributed by atoms with E-state index in [1.165, 1.54) is 5.01 Å². The summed E-state index contributed by atoms with van der Waals surface area (Å²) in [5.41, 5.74) is 0.905. The topological polar surface area (TPSA) is 102 Å². The van der Waals surface area contributed by atoms with E-state index in [1.807, 2.05) is 0 Å². The summed E-state index contributed by atoms with van der Waals surface area (Å²) in [6.07, 6.45) is 0. The molecule has 0 saturated heterocycles. The van der Waals surface area contributed by atoms with Gasteiger partial charge in [-0.25, -0.2) is 9.80 Å². The minimum atomic E-state index is -0.945. The van der Waals surface area contributed by atoms with Crippen molar-refractivity contribution in [2.45, 2.75) is 6.92 Å². The smallest absolute Gasteiger partial charge is 0.334 e. The van der Waals surface area contributed by atoms with Gasteiger partial charge in [0.2, 0.25) is 0 Å². The lowest BCUT2D eigenvalue weighted by Crippen LogP contribution is -2.31. The van der Waals surface area contributed by atoms with E-state index < -0.39 is 5.97 Å². The number of rotatable bonds is 4. The molecule has 0 aromatic rings. The number of aliphatic carboxylic acids is 1. The van der Waals surface area contributed by atoms with Crippen LogP contribution >= 0.6 is 0 Å². The summed E-state index contributed by atoms with van der Waals surface area (Å²) in [5.74, 6) is 4.39. The minimum absolute atomic E-state index is 0.224. The molecular weight excluding hydrogens is 184 g/mol. The van der Waals surface area contributed by atoms with Crippen LogP contribution in [-0.4, -0.2) is 43.4 Å². The molecule has 0 aliphatic carbocycles. The Bertz CT molecular complexity index is 213. The molecule has 82 valence electrons. The van der Waals surface area contributed by atoms with Crippen molar-refractivity contribution >= 4 is 12.7 Å². The van der Waals surface area contributed by atoms with Crippen molar-refractivity contribution < 1.29 is 9.90 Å². The van der Waals surface area contributed by atoms with Gasteiger partial charge in [0.15, 0.2) is 0 Å². The van der Waals surface area contributed by atoms with Crippen LogP contribution in [-0.2, 0) is 4.79 Å². The SMILES string of the molecule is C=N.CN/C(C)=C(\CN(C)N)C(=O)O. The van der Waals surface area contributed by atoms with E-state index in [0.717, 1.165) is 0 Å². The molecule has 6 heteroatoms. The quantitative estimate of drug-likeness (QED) is 0.216. The number of nitrogens with two attached hydrogens (primary N) is 1. The predicted octanol–water partition coefficient (Wildman–Crippen LogP) is -0.364. The second-order valence-corrected chi connectivity index (χ2v) is 2.57. The van der Waals surface area contributed by atoms with Crippen LogP contribution in [0.25, 0.3) is 0 Å². The number of carbonyl (C=O) groups is 1. The summed E-state index contributed by atoms with van der Waals surface area (Å²) < 4.78 is 0. The molecule has 5 N–H and O–H groups in total. The Morgan fingerprint density at radius 3 is 2.29 bits per heavy atom. The third-order valence-electron chi connectivity index (χ3n) is 1.49. The van der Waals surface area contributed by atoms with Crippen molar-refractivity contribution in [1.82, 2.24) is 10.3 Å². The van der Waals surface area contributed by atoms with E-state index in [4.69, 9.17) is 16.4 Å². The van der Waals surface area contributed by atoms with E-state index in [1.54, 1.807) is 21.0 Å². The highest BCUT2D eigenvalue weighted by atomic mass is 16.4. The Hall–Kier alpha value is -1.40. The molecule has 0 amide bonds. The van der Waals surface area contributed by atoms with Crippen molar-refractivity contribution in [2.75, 3.05) is 20.6 Å². The fraction of sp³-hybridized carbons (Fsp3) is 0.500. The molecule has 0 aliphatic heterocycles. The zero-order chi connectivity index (χ0) is 11.7. The highest BCUT2D eigenvalue weighted by molar-refractivity contribution is 5.87. The Morgan fingerprint density at radius 2 is 2.07 bits per heavy atom. The fourth-order valence-corrected chi connectivity index (χ4v) is 0.747. The Balaban J connectivity index is 0. The predicted molar refractivity (Wildman–Crippen MR) is 56.1 cm³/mol. The molecule has 0 bridgehead atoms. The molecule has 0 saturated carbocycles. The third kappa shape index (κ3) is 6.15. The van der Waals surface area contributed by atoms with Crippen molar-refractivity contribution in [3.63, 3.8) is 0 Å². The lowest BCUT2D eigenvalue weighted by molar-refractivity contribution is -0.133.